The number of rotatable bonds is 2. The van der Waals surface area contributed by atoms with E-state index in [1.807, 2.05) is 0 Å². The number of hydrogen-bond acceptors (Lipinski definition) is 5. The molecule has 2 aliphatic rings. The van der Waals surface area contributed by atoms with Crippen LogP contribution in [0.1, 0.15) is 31.5 Å². The van der Waals surface area contributed by atoms with Gasteiger partial charge in [0.1, 0.15) is 5.82 Å². The van der Waals surface area contributed by atoms with Crippen LogP contribution in [0.3, 0.4) is 0 Å². The van der Waals surface area contributed by atoms with Crippen LogP contribution in [0.4, 0.5) is 5.95 Å². The molecule has 0 saturated carbocycles. The molecule has 2 fully saturated rings. The van der Waals surface area contributed by atoms with E-state index >= 15 is 0 Å². The minimum Gasteiger partial charge on any atom is -0.378 e. The fraction of sp³-hybridized carbons (Fsp3) is 0.833. The van der Waals surface area contributed by atoms with Crippen LogP contribution >= 0.6 is 0 Å². The molecule has 6 heteroatoms. The molecular weight excluding hydrogens is 230 g/mol. The van der Waals surface area contributed by atoms with Gasteiger partial charge in [0.05, 0.1) is 12.7 Å². The van der Waals surface area contributed by atoms with Gasteiger partial charge in [-0.3, -0.25) is 5.10 Å². The number of H-pyrrole nitrogens is 1. The van der Waals surface area contributed by atoms with E-state index in [0.717, 1.165) is 57.4 Å². The van der Waals surface area contributed by atoms with Gasteiger partial charge < -0.3 is 15.0 Å². The number of anilines is 1. The van der Waals surface area contributed by atoms with Crippen molar-refractivity contribution >= 4 is 5.95 Å². The van der Waals surface area contributed by atoms with E-state index in [1.54, 1.807) is 0 Å². The standard InChI is InChI=1S/C12H21N5O/c1-9-7-10(8-18-9)11-14-12(16-15-11)17-5-2-3-13-4-6-17/h9-10,13H,2-8H2,1H3,(H,14,15,16). The topological polar surface area (TPSA) is 66.1 Å². The molecule has 0 aromatic carbocycles. The zero-order valence-corrected chi connectivity index (χ0v) is 10.9. The SMILES string of the molecule is CC1CC(c2nc(N3CCCNCC3)n[nH]2)CO1. The Morgan fingerprint density at radius 1 is 1.33 bits per heavy atom. The molecule has 2 N–H and O–H groups in total. The lowest BCUT2D eigenvalue weighted by molar-refractivity contribution is 0.123. The highest BCUT2D eigenvalue weighted by Gasteiger charge is 2.27. The van der Waals surface area contributed by atoms with Gasteiger partial charge in [0.25, 0.3) is 0 Å². The first kappa shape index (κ1) is 11.9. The number of nitrogens with zero attached hydrogens (tertiary/aromatic N) is 3. The van der Waals surface area contributed by atoms with Crippen molar-refractivity contribution in [2.75, 3.05) is 37.7 Å². The van der Waals surface area contributed by atoms with Gasteiger partial charge in [0, 0.05) is 25.6 Å². The Labute approximate surface area is 107 Å². The zero-order chi connectivity index (χ0) is 12.4. The Bertz CT molecular complexity index is 386. The summed E-state index contributed by atoms with van der Waals surface area (Å²) in [7, 11) is 0. The lowest BCUT2D eigenvalue weighted by Crippen LogP contribution is -2.28. The van der Waals surface area contributed by atoms with E-state index in [0.29, 0.717) is 12.0 Å². The zero-order valence-electron chi connectivity index (χ0n) is 10.9. The molecule has 6 nitrogen and oxygen atoms in total. The minimum atomic E-state index is 0.339. The average molecular weight is 251 g/mol. The van der Waals surface area contributed by atoms with Crippen LogP contribution in [0.2, 0.25) is 0 Å². The van der Waals surface area contributed by atoms with Crippen LogP contribution in [0, 0.1) is 0 Å². The van der Waals surface area contributed by atoms with Gasteiger partial charge in [0.2, 0.25) is 5.95 Å². The van der Waals surface area contributed by atoms with E-state index in [4.69, 9.17) is 4.74 Å². The molecule has 1 aromatic rings. The van der Waals surface area contributed by atoms with Crippen molar-refractivity contribution < 1.29 is 4.74 Å². The van der Waals surface area contributed by atoms with Crippen LogP contribution < -0.4 is 10.2 Å². The third-order valence-electron chi connectivity index (χ3n) is 3.70. The van der Waals surface area contributed by atoms with Crippen LogP contribution in [0.5, 0.6) is 0 Å². The summed E-state index contributed by atoms with van der Waals surface area (Å²) in [6, 6.07) is 0. The molecule has 100 valence electrons. The smallest absolute Gasteiger partial charge is 0.244 e. The molecule has 0 bridgehead atoms. The van der Waals surface area contributed by atoms with Crippen molar-refractivity contribution in [2.24, 2.45) is 0 Å². The van der Waals surface area contributed by atoms with Crippen molar-refractivity contribution in [3.63, 3.8) is 0 Å². The van der Waals surface area contributed by atoms with Gasteiger partial charge in [-0.1, -0.05) is 0 Å². The minimum absolute atomic E-state index is 0.339. The third kappa shape index (κ3) is 2.49. The van der Waals surface area contributed by atoms with Gasteiger partial charge >= 0.3 is 0 Å². The summed E-state index contributed by atoms with van der Waals surface area (Å²) in [4.78, 5) is 6.89. The summed E-state index contributed by atoms with van der Waals surface area (Å²) in [6.45, 7) is 6.97. The molecule has 2 atom stereocenters. The van der Waals surface area contributed by atoms with Crippen LogP contribution in [0.15, 0.2) is 0 Å². The fourth-order valence-corrected chi connectivity index (χ4v) is 2.64. The molecule has 2 unspecified atom stereocenters. The molecule has 2 aliphatic heterocycles. The third-order valence-corrected chi connectivity index (χ3v) is 3.70. The highest BCUT2D eigenvalue weighted by atomic mass is 16.5. The maximum absolute atomic E-state index is 5.58. The monoisotopic (exact) mass is 251 g/mol. The van der Waals surface area contributed by atoms with Gasteiger partial charge in [0.15, 0.2) is 0 Å². The molecule has 0 amide bonds. The first-order valence-electron chi connectivity index (χ1n) is 6.82. The van der Waals surface area contributed by atoms with Crippen LogP contribution in [-0.4, -0.2) is 54.1 Å². The van der Waals surface area contributed by atoms with Crippen LogP contribution in [0.25, 0.3) is 0 Å². The number of ether oxygens (including phenoxy) is 1. The Hall–Kier alpha value is -1.14. The largest absolute Gasteiger partial charge is 0.378 e. The lowest BCUT2D eigenvalue weighted by atomic mass is 10.1. The Kier molecular flexibility index (Phi) is 3.47. The molecule has 18 heavy (non-hydrogen) atoms. The summed E-state index contributed by atoms with van der Waals surface area (Å²) in [5.41, 5.74) is 0. The predicted octanol–water partition coefficient (Wildman–Crippen LogP) is 0.497. The lowest BCUT2D eigenvalue weighted by Gasteiger charge is -2.17. The highest BCUT2D eigenvalue weighted by molar-refractivity contribution is 5.29. The molecule has 2 saturated heterocycles. The van der Waals surface area contributed by atoms with Crippen molar-refractivity contribution in [1.82, 2.24) is 20.5 Å². The number of aromatic amines is 1. The van der Waals surface area contributed by atoms with Gasteiger partial charge in [-0.15, -0.1) is 5.10 Å². The molecule has 0 radical (unpaired) electrons. The quantitative estimate of drug-likeness (QED) is 0.801. The molecule has 3 rings (SSSR count). The number of nitrogens with one attached hydrogen (secondary N) is 2. The van der Waals surface area contributed by atoms with Gasteiger partial charge in [-0.25, -0.2) is 0 Å². The molecule has 0 spiro atoms. The van der Waals surface area contributed by atoms with E-state index in [2.05, 4.69) is 32.3 Å². The van der Waals surface area contributed by atoms with Crippen LogP contribution in [-0.2, 0) is 4.74 Å². The summed E-state index contributed by atoms with van der Waals surface area (Å²) in [5, 5.41) is 10.8. The molecule has 3 heterocycles. The summed E-state index contributed by atoms with van der Waals surface area (Å²) >= 11 is 0. The Morgan fingerprint density at radius 2 is 2.28 bits per heavy atom. The van der Waals surface area contributed by atoms with Crippen molar-refractivity contribution in [3.8, 4) is 0 Å². The first-order chi connectivity index (χ1) is 8.83. The second-order valence-electron chi connectivity index (χ2n) is 5.19. The Balaban J connectivity index is 1.68. The van der Waals surface area contributed by atoms with E-state index in [1.165, 1.54) is 0 Å². The van der Waals surface area contributed by atoms with Crippen molar-refractivity contribution in [1.29, 1.82) is 0 Å². The van der Waals surface area contributed by atoms with Gasteiger partial charge in [-0.2, -0.15) is 4.98 Å². The van der Waals surface area contributed by atoms with Gasteiger partial charge in [-0.05, 0) is 26.3 Å². The molecular formula is C12H21N5O. The molecule has 1 aromatic heterocycles. The van der Waals surface area contributed by atoms with E-state index in [-0.39, 0.29) is 0 Å². The second-order valence-corrected chi connectivity index (χ2v) is 5.19. The second kappa shape index (κ2) is 5.24. The summed E-state index contributed by atoms with van der Waals surface area (Å²) in [6.07, 6.45) is 2.52. The first-order valence-corrected chi connectivity index (χ1v) is 6.82. The van der Waals surface area contributed by atoms with E-state index in [9.17, 15) is 0 Å². The fourth-order valence-electron chi connectivity index (χ4n) is 2.64. The normalized spacial score (nSPS) is 29.5. The summed E-state index contributed by atoms with van der Waals surface area (Å²) < 4.78 is 5.58. The number of hydrogen-bond donors (Lipinski definition) is 2. The summed E-state index contributed by atoms with van der Waals surface area (Å²) in [5.74, 6) is 2.20. The van der Waals surface area contributed by atoms with E-state index < -0.39 is 0 Å². The number of aromatic nitrogens is 3. The predicted molar refractivity (Wildman–Crippen MR) is 68.9 cm³/mol. The average Bonchev–Trinajstić information content (AvgIpc) is 2.92. The van der Waals surface area contributed by atoms with Crippen molar-refractivity contribution in [3.05, 3.63) is 5.82 Å². The maximum Gasteiger partial charge on any atom is 0.244 e. The highest BCUT2D eigenvalue weighted by Crippen LogP contribution is 2.27. The maximum atomic E-state index is 5.58. The van der Waals surface area contributed by atoms with Crippen molar-refractivity contribution in [2.45, 2.75) is 31.8 Å². The Morgan fingerprint density at radius 3 is 3.11 bits per heavy atom. The molecule has 0 aliphatic carbocycles.